The average molecular weight is 268 g/mol. The van der Waals surface area contributed by atoms with Crippen molar-refractivity contribution in [1.82, 2.24) is 10.3 Å². The zero-order chi connectivity index (χ0) is 14.3. The van der Waals surface area contributed by atoms with E-state index in [9.17, 15) is 9.59 Å². The molecule has 3 rings (SSSR count). The fourth-order valence-corrected chi connectivity index (χ4v) is 2.00. The van der Waals surface area contributed by atoms with Crippen molar-refractivity contribution in [2.45, 2.75) is 6.92 Å². The molecule has 2 amide bonds. The topological polar surface area (TPSA) is 97.1 Å². The molecule has 1 aromatic heterocycles. The highest BCUT2D eigenvalue weighted by Crippen LogP contribution is 2.23. The van der Waals surface area contributed by atoms with Crippen LogP contribution in [0.1, 0.15) is 26.3 Å². The van der Waals surface area contributed by atoms with Crippen molar-refractivity contribution in [2.24, 2.45) is 0 Å². The number of aryl methyl sites for hydroxylation is 1. The van der Waals surface area contributed by atoms with E-state index in [1.807, 2.05) is 6.92 Å². The van der Waals surface area contributed by atoms with E-state index in [-0.39, 0.29) is 11.8 Å². The molecule has 6 nitrogen and oxygen atoms in total. The smallest absolute Gasteiger partial charge is 0.259 e. The number of carbonyl (C=O) groups is 2. The largest absolute Gasteiger partial charge is 0.398 e. The maximum Gasteiger partial charge on any atom is 0.259 e. The first-order valence-electron chi connectivity index (χ1n) is 6.03. The lowest BCUT2D eigenvalue weighted by molar-refractivity contribution is 0.0879. The number of aromatic nitrogens is 1. The second kappa shape index (κ2) is 4.34. The van der Waals surface area contributed by atoms with Crippen LogP contribution in [0.15, 0.2) is 30.5 Å². The molecule has 1 aliphatic heterocycles. The van der Waals surface area contributed by atoms with Gasteiger partial charge < -0.3 is 11.1 Å². The minimum atomic E-state index is -0.384. The lowest BCUT2D eigenvalue weighted by Crippen LogP contribution is -2.19. The number of fused-ring (bicyclic) bond motifs is 1. The first kappa shape index (κ1) is 12.2. The molecule has 0 atom stereocenters. The standard InChI is InChI=1S/C14H12N4O2/c1-7-6-16-12(5-11(7)15)17-8-2-3-9-10(4-8)14(20)18-13(9)19/h2-6H,1H3,(H3,15,16,17)(H,18,19,20). The van der Waals surface area contributed by atoms with E-state index in [0.717, 1.165) is 5.56 Å². The maximum absolute atomic E-state index is 11.6. The lowest BCUT2D eigenvalue weighted by Gasteiger charge is -2.08. The van der Waals surface area contributed by atoms with Crippen LogP contribution in [0.4, 0.5) is 17.2 Å². The third-order valence-corrected chi connectivity index (χ3v) is 3.15. The zero-order valence-electron chi connectivity index (χ0n) is 10.7. The monoisotopic (exact) mass is 268 g/mol. The number of nitrogen functional groups attached to an aromatic ring is 1. The van der Waals surface area contributed by atoms with Crippen molar-refractivity contribution in [1.29, 1.82) is 0 Å². The molecule has 0 saturated heterocycles. The Hall–Kier alpha value is -2.89. The Labute approximate surface area is 115 Å². The van der Waals surface area contributed by atoms with Crippen molar-refractivity contribution < 1.29 is 9.59 Å². The molecule has 0 bridgehead atoms. The van der Waals surface area contributed by atoms with Crippen molar-refractivity contribution in [3.63, 3.8) is 0 Å². The summed E-state index contributed by atoms with van der Waals surface area (Å²) >= 11 is 0. The van der Waals surface area contributed by atoms with Gasteiger partial charge in [-0.2, -0.15) is 0 Å². The van der Waals surface area contributed by atoms with Crippen LogP contribution in [-0.2, 0) is 0 Å². The minimum Gasteiger partial charge on any atom is -0.398 e. The van der Waals surface area contributed by atoms with Gasteiger partial charge in [-0.1, -0.05) is 0 Å². The normalized spacial score (nSPS) is 13.1. The molecule has 1 aliphatic rings. The second-order valence-corrected chi connectivity index (χ2v) is 4.59. The molecule has 100 valence electrons. The molecule has 0 spiro atoms. The van der Waals surface area contributed by atoms with Gasteiger partial charge in [0.15, 0.2) is 0 Å². The van der Waals surface area contributed by atoms with E-state index in [4.69, 9.17) is 5.73 Å². The molecule has 0 radical (unpaired) electrons. The SMILES string of the molecule is Cc1cnc(Nc2ccc3c(c2)C(=O)NC3=O)cc1N. The minimum absolute atomic E-state index is 0.361. The van der Waals surface area contributed by atoms with E-state index in [1.54, 1.807) is 30.5 Å². The van der Waals surface area contributed by atoms with Gasteiger partial charge in [0, 0.05) is 23.6 Å². The number of anilines is 3. The molecule has 4 N–H and O–H groups in total. The number of rotatable bonds is 2. The number of imide groups is 1. The number of hydrogen-bond donors (Lipinski definition) is 3. The lowest BCUT2D eigenvalue weighted by atomic mass is 10.1. The number of nitrogens with zero attached hydrogens (tertiary/aromatic N) is 1. The van der Waals surface area contributed by atoms with Crippen molar-refractivity contribution in [3.05, 3.63) is 47.2 Å². The zero-order valence-corrected chi connectivity index (χ0v) is 10.7. The Bertz CT molecular complexity index is 740. The van der Waals surface area contributed by atoms with Gasteiger partial charge in [0.2, 0.25) is 0 Å². The van der Waals surface area contributed by atoms with Gasteiger partial charge in [0.05, 0.1) is 11.1 Å². The molecule has 0 unspecified atom stereocenters. The Morgan fingerprint density at radius 3 is 2.65 bits per heavy atom. The summed E-state index contributed by atoms with van der Waals surface area (Å²) < 4.78 is 0. The molecule has 0 saturated carbocycles. The number of hydrogen-bond acceptors (Lipinski definition) is 5. The molecule has 0 aliphatic carbocycles. The van der Waals surface area contributed by atoms with E-state index >= 15 is 0 Å². The van der Waals surface area contributed by atoms with Gasteiger partial charge in [-0.25, -0.2) is 4.98 Å². The number of carbonyl (C=O) groups excluding carboxylic acids is 2. The number of nitrogens with one attached hydrogen (secondary N) is 2. The highest BCUT2D eigenvalue weighted by molar-refractivity contribution is 6.21. The van der Waals surface area contributed by atoms with E-state index in [1.165, 1.54) is 0 Å². The van der Waals surface area contributed by atoms with Crippen molar-refractivity contribution >= 4 is 29.0 Å². The van der Waals surface area contributed by atoms with Crippen molar-refractivity contribution in [3.8, 4) is 0 Å². The number of amides is 2. The van der Waals surface area contributed by atoms with Crippen LogP contribution in [0.25, 0.3) is 0 Å². The summed E-state index contributed by atoms with van der Waals surface area (Å²) in [6.45, 7) is 1.87. The van der Waals surface area contributed by atoms with E-state index < -0.39 is 0 Å². The highest BCUT2D eigenvalue weighted by Gasteiger charge is 2.26. The van der Waals surface area contributed by atoms with Crippen LogP contribution in [0.3, 0.4) is 0 Å². The van der Waals surface area contributed by atoms with Gasteiger partial charge in [-0.3, -0.25) is 14.9 Å². The van der Waals surface area contributed by atoms with Crippen LogP contribution in [0.2, 0.25) is 0 Å². The van der Waals surface area contributed by atoms with Crippen LogP contribution in [-0.4, -0.2) is 16.8 Å². The van der Waals surface area contributed by atoms with E-state index in [0.29, 0.717) is 28.3 Å². The third-order valence-electron chi connectivity index (χ3n) is 3.15. The van der Waals surface area contributed by atoms with Gasteiger partial charge in [-0.15, -0.1) is 0 Å². The third kappa shape index (κ3) is 1.97. The van der Waals surface area contributed by atoms with Crippen LogP contribution in [0.5, 0.6) is 0 Å². The Morgan fingerprint density at radius 2 is 1.90 bits per heavy atom. The molecule has 6 heteroatoms. The predicted octanol–water partition coefficient (Wildman–Crippen LogP) is 1.60. The average Bonchev–Trinajstić information content (AvgIpc) is 2.69. The van der Waals surface area contributed by atoms with Crippen LogP contribution < -0.4 is 16.4 Å². The summed E-state index contributed by atoms with van der Waals surface area (Å²) in [5.74, 6) is -0.169. The first-order chi connectivity index (χ1) is 9.54. The Balaban J connectivity index is 1.92. The van der Waals surface area contributed by atoms with Gasteiger partial charge in [0.1, 0.15) is 5.82 Å². The van der Waals surface area contributed by atoms with Gasteiger partial charge >= 0.3 is 0 Å². The second-order valence-electron chi connectivity index (χ2n) is 4.59. The van der Waals surface area contributed by atoms with Crippen molar-refractivity contribution in [2.75, 3.05) is 11.1 Å². The summed E-state index contributed by atoms with van der Waals surface area (Å²) in [5.41, 5.74) is 8.77. The summed E-state index contributed by atoms with van der Waals surface area (Å²) in [5, 5.41) is 5.30. The molecule has 2 aromatic rings. The quantitative estimate of drug-likeness (QED) is 0.719. The molecular weight excluding hydrogens is 256 g/mol. The Kier molecular flexibility index (Phi) is 2.64. The molecular formula is C14H12N4O2. The molecule has 2 heterocycles. The molecule has 0 fully saturated rings. The fourth-order valence-electron chi connectivity index (χ4n) is 2.00. The van der Waals surface area contributed by atoms with Gasteiger partial charge in [-0.05, 0) is 30.7 Å². The summed E-state index contributed by atoms with van der Waals surface area (Å²) in [7, 11) is 0. The summed E-state index contributed by atoms with van der Waals surface area (Å²) in [4.78, 5) is 27.2. The fraction of sp³-hybridized carbons (Fsp3) is 0.0714. The van der Waals surface area contributed by atoms with Crippen LogP contribution in [0, 0.1) is 6.92 Å². The van der Waals surface area contributed by atoms with Gasteiger partial charge in [0.25, 0.3) is 11.8 Å². The molecule has 1 aromatic carbocycles. The number of benzene rings is 1. The number of pyridine rings is 1. The first-order valence-corrected chi connectivity index (χ1v) is 6.03. The predicted molar refractivity (Wildman–Crippen MR) is 74.9 cm³/mol. The van der Waals surface area contributed by atoms with Crippen LogP contribution >= 0.6 is 0 Å². The highest BCUT2D eigenvalue weighted by atomic mass is 16.2. The maximum atomic E-state index is 11.6. The Morgan fingerprint density at radius 1 is 1.15 bits per heavy atom. The summed E-state index contributed by atoms with van der Waals surface area (Å²) in [6.07, 6.45) is 1.67. The molecule has 20 heavy (non-hydrogen) atoms. The van der Waals surface area contributed by atoms with E-state index in [2.05, 4.69) is 15.6 Å². The number of nitrogens with two attached hydrogens (primary N) is 1. The summed E-state index contributed by atoms with van der Waals surface area (Å²) in [6, 6.07) is 6.66.